The van der Waals surface area contributed by atoms with Crippen LogP contribution in [0.25, 0.3) is 0 Å². The van der Waals surface area contributed by atoms with E-state index in [2.05, 4.69) is 29.4 Å². The topological polar surface area (TPSA) is 53.8 Å². The van der Waals surface area contributed by atoms with Gasteiger partial charge in [-0.15, -0.1) is 0 Å². The lowest BCUT2D eigenvalue weighted by Gasteiger charge is -2.09. The predicted octanol–water partition coefficient (Wildman–Crippen LogP) is 2.56. The molecular weight excluding hydrogens is 198 g/mol. The van der Waals surface area contributed by atoms with Crippen LogP contribution in [0.15, 0.2) is 36.7 Å². The predicted molar refractivity (Wildman–Crippen MR) is 68.6 cm³/mol. The molecule has 0 radical (unpaired) electrons. The van der Waals surface area contributed by atoms with E-state index in [9.17, 15) is 0 Å². The van der Waals surface area contributed by atoms with E-state index in [1.165, 1.54) is 11.1 Å². The molecule has 1 heterocycles. The molecule has 0 fully saturated rings. The van der Waals surface area contributed by atoms with Gasteiger partial charge in [0.1, 0.15) is 0 Å². The molecule has 2 rings (SSSR count). The first-order valence-electron chi connectivity index (χ1n) is 5.47. The molecular formula is C13H17N3. The number of nitrogen functional groups attached to an aromatic ring is 1. The zero-order chi connectivity index (χ0) is 11.4. The molecule has 0 spiro atoms. The minimum absolute atomic E-state index is 0.805. The van der Waals surface area contributed by atoms with Crippen molar-refractivity contribution in [3.63, 3.8) is 0 Å². The third kappa shape index (κ3) is 2.57. The third-order valence-corrected chi connectivity index (χ3v) is 2.60. The molecule has 0 unspecified atom stereocenters. The van der Waals surface area contributed by atoms with Gasteiger partial charge in [0, 0.05) is 18.9 Å². The van der Waals surface area contributed by atoms with E-state index in [-0.39, 0.29) is 0 Å². The van der Waals surface area contributed by atoms with Gasteiger partial charge in [-0.3, -0.25) is 0 Å². The smallest absolute Gasteiger partial charge is 0.0576 e. The fourth-order valence-corrected chi connectivity index (χ4v) is 1.68. The number of nitrogens with two attached hydrogens (primary N) is 1. The summed E-state index contributed by atoms with van der Waals surface area (Å²) in [7, 11) is 0. The van der Waals surface area contributed by atoms with Crippen LogP contribution in [-0.2, 0) is 6.42 Å². The number of rotatable bonds is 4. The number of H-pyrrole nitrogens is 1. The maximum Gasteiger partial charge on any atom is 0.0576 e. The molecule has 0 amide bonds. The zero-order valence-corrected chi connectivity index (χ0v) is 9.46. The van der Waals surface area contributed by atoms with E-state index in [1.807, 2.05) is 24.5 Å². The first kappa shape index (κ1) is 10.6. The quantitative estimate of drug-likeness (QED) is 0.686. The summed E-state index contributed by atoms with van der Waals surface area (Å²) in [5, 5.41) is 3.35. The van der Waals surface area contributed by atoms with Gasteiger partial charge in [0.2, 0.25) is 0 Å². The monoisotopic (exact) mass is 215 g/mol. The van der Waals surface area contributed by atoms with E-state index < -0.39 is 0 Å². The second-order valence-corrected chi connectivity index (χ2v) is 3.99. The Balaban J connectivity index is 1.92. The molecule has 0 atom stereocenters. The Bertz CT molecular complexity index is 446. The van der Waals surface area contributed by atoms with Gasteiger partial charge in [-0.25, -0.2) is 0 Å². The molecule has 0 aliphatic heterocycles. The minimum atomic E-state index is 0.805. The van der Waals surface area contributed by atoms with Gasteiger partial charge in [0.25, 0.3) is 0 Å². The number of hydrogen-bond acceptors (Lipinski definition) is 2. The largest absolute Gasteiger partial charge is 0.397 e. The van der Waals surface area contributed by atoms with Crippen molar-refractivity contribution in [3.05, 3.63) is 47.8 Å². The van der Waals surface area contributed by atoms with E-state index >= 15 is 0 Å². The summed E-state index contributed by atoms with van der Waals surface area (Å²) in [5.41, 5.74) is 10.2. The van der Waals surface area contributed by atoms with Crippen molar-refractivity contribution in [2.45, 2.75) is 13.3 Å². The molecule has 4 N–H and O–H groups in total. The fraction of sp³-hybridized carbons (Fsp3) is 0.231. The average molecular weight is 215 g/mol. The van der Waals surface area contributed by atoms with Gasteiger partial charge in [-0.1, -0.05) is 6.07 Å². The van der Waals surface area contributed by atoms with Crippen molar-refractivity contribution in [1.29, 1.82) is 0 Å². The van der Waals surface area contributed by atoms with E-state index in [1.54, 1.807) is 0 Å². The second-order valence-electron chi connectivity index (χ2n) is 3.99. The SMILES string of the molecule is Cc1ccc(N)c(NCCc2cc[nH]c2)c1. The Labute approximate surface area is 95.7 Å². The zero-order valence-electron chi connectivity index (χ0n) is 9.46. The van der Waals surface area contributed by atoms with E-state index in [0.29, 0.717) is 0 Å². The van der Waals surface area contributed by atoms with E-state index in [0.717, 1.165) is 24.3 Å². The summed E-state index contributed by atoms with van der Waals surface area (Å²) in [6.45, 7) is 2.96. The van der Waals surface area contributed by atoms with Crippen LogP contribution in [0.4, 0.5) is 11.4 Å². The Morgan fingerprint density at radius 1 is 1.31 bits per heavy atom. The number of aryl methyl sites for hydroxylation is 1. The van der Waals surface area contributed by atoms with Crippen LogP contribution in [0.5, 0.6) is 0 Å². The number of anilines is 2. The number of benzene rings is 1. The molecule has 0 aliphatic carbocycles. The van der Waals surface area contributed by atoms with Crippen molar-refractivity contribution in [1.82, 2.24) is 4.98 Å². The highest BCUT2D eigenvalue weighted by Gasteiger charge is 1.98. The van der Waals surface area contributed by atoms with Crippen LogP contribution in [0, 0.1) is 6.92 Å². The lowest BCUT2D eigenvalue weighted by atomic mass is 10.2. The maximum absolute atomic E-state index is 5.88. The lowest BCUT2D eigenvalue weighted by molar-refractivity contribution is 1.02. The van der Waals surface area contributed by atoms with Crippen LogP contribution in [-0.4, -0.2) is 11.5 Å². The van der Waals surface area contributed by atoms with Crippen LogP contribution < -0.4 is 11.1 Å². The van der Waals surface area contributed by atoms with Crippen molar-refractivity contribution in [2.75, 3.05) is 17.6 Å². The Kier molecular flexibility index (Phi) is 3.15. The summed E-state index contributed by atoms with van der Waals surface area (Å²) >= 11 is 0. The lowest BCUT2D eigenvalue weighted by Crippen LogP contribution is -2.06. The summed E-state index contributed by atoms with van der Waals surface area (Å²) < 4.78 is 0. The second kappa shape index (κ2) is 4.75. The first-order valence-corrected chi connectivity index (χ1v) is 5.47. The molecule has 16 heavy (non-hydrogen) atoms. The molecule has 1 aromatic heterocycles. The highest BCUT2D eigenvalue weighted by molar-refractivity contribution is 5.66. The summed E-state index contributed by atoms with van der Waals surface area (Å²) in [5.74, 6) is 0. The normalized spacial score (nSPS) is 10.3. The Hall–Kier alpha value is -1.90. The van der Waals surface area contributed by atoms with Crippen LogP contribution in [0.2, 0.25) is 0 Å². The van der Waals surface area contributed by atoms with Crippen molar-refractivity contribution in [2.24, 2.45) is 0 Å². The Morgan fingerprint density at radius 3 is 2.94 bits per heavy atom. The summed E-state index contributed by atoms with van der Waals surface area (Å²) in [6, 6.07) is 8.12. The molecule has 0 saturated carbocycles. The highest BCUT2D eigenvalue weighted by atomic mass is 14.9. The first-order chi connectivity index (χ1) is 7.75. The van der Waals surface area contributed by atoms with Crippen LogP contribution >= 0.6 is 0 Å². The molecule has 3 heteroatoms. The van der Waals surface area contributed by atoms with E-state index in [4.69, 9.17) is 5.73 Å². The van der Waals surface area contributed by atoms with Gasteiger partial charge in [0.15, 0.2) is 0 Å². The van der Waals surface area contributed by atoms with Crippen molar-refractivity contribution < 1.29 is 0 Å². The third-order valence-electron chi connectivity index (χ3n) is 2.60. The van der Waals surface area contributed by atoms with Gasteiger partial charge < -0.3 is 16.0 Å². The van der Waals surface area contributed by atoms with Gasteiger partial charge in [0.05, 0.1) is 11.4 Å². The molecule has 1 aromatic carbocycles. The highest BCUT2D eigenvalue weighted by Crippen LogP contribution is 2.19. The Morgan fingerprint density at radius 2 is 2.19 bits per heavy atom. The average Bonchev–Trinajstić information content (AvgIpc) is 2.76. The standard InChI is InChI=1S/C13H17N3/c1-10-2-3-12(14)13(8-10)16-7-5-11-4-6-15-9-11/h2-4,6,8-9,15-16H,5,7,14H2,1H3. The minimum Gasteiger partial charge on any atom is -0.397 e. The molecule has 3 nitrogen and oxygen atoms in total. The fourth-order valence-electron chi connectivity index (χ4n) is 1.68. The van der Waals surface area contributed by atoms with Gasteiger partial charge >= 0.3 is 0 Å². The van der Waals surface area contributed by atoms with Crippen molar-refractivity contribution >= 4 is 11.4 Å². The van der Waals surface area contributed by atoms with Gasteiger partial charge in [-0.2, -0.15) is 0 Å². The number of nitrogens with one attached hydrogen (secondary N) is 2. The number of aromatic amines is 1. The van der Waals surface area contributed by atoms with Gasteiger partial charge in [-0.05, 0) is 42.7 Å². The molecule has 0 saturated heterocycles. The summed E-state index contributed by atoms with van der Waals surface area (Å²) in [4.78, 5) is 3.05. The molecule has 2 aromatic rings. The number of aromatic nitrogens is 1. The van der Waals surface area contributed by atoms with Crippen LogP contribution in [0.3, 0.4) is 0 Å². The molecule has 84 valence electrons. The maximum atomic E-state index is 5.88. The number of hydrogen-bond donors (Lipinski definition) is 3. The van der Waals surface area contributed by atoms with Crippen molar-refractivity contribution in [3.8, 4) is 0 Å². The summed E-state index contributed by atoms with van der Waals surface area (Å²) in [6.07, 6.45) is 4.95. The molecule has 0 aliphatic rings. The molecule has 0 bridgehead atoms. The van der Waals surface area contributed by atoms with Crippen LogP contribution in [0.1, 0.15) is 11.1 Å².